The number of carbonyl (C=O) groups is 1. The van der Waals surface area contributed by atoms with Crippen LogP contribution in [0.1, 0.15) is 47.4 Å². The molecule has 1 atom stereocenters. The number of aromatic nitrogens is 2. The highest BCUT2D eigenvalue weighted by atomic mass is 19.3. The number of amides is 1. The molecule has 0 saturated carbocycles. The average molecular weight is 350 g/mol. The summed E-state index contributed by atoms with van der Waals surface area (Å²) in [5.41, 5.74) is 0.197. The van der Waals surface area contributed by atoms with Gasteiger partial charge in [-0.2, -0.15) is 0 Å². The van der Waals surface area contributed by atoms with Crippen LogP contribution in [-0.4, -0.2) is 30.0 Å². The molecule has 0 spiro atoms. The van der Waals surface area contributed by atoms with E-state index in [0.29, 0.717) is 12.0 Å². The van der Waals surface area contributed by atoms with Gasteiger partial charge >= 0.3 is 0 Å². The zero-order valence-electron chi connectivity index (χ0n) is 14.2. The predicted octanol–water partition coefficient (Wildman–Crippen LogP) is 2.65. The quantitative estimate of drug-likeness (QED) is 0.840. The van der Waals surface area contributed by atoms with Crippen molar-refractivity contribution >= 4 is 11.9 Å². The van der Waals surface area contributed by atoms with Gasteiger partial charge in [-0.05, 0) is 12.0 Å². The molecular formula is C17H20F2N4O2. The summed E-state index contributed by atoms with van der Waals surface area (Å²) in [6.45, 7) is 1.86. The van der Waals surface area contributed by atoms with E-state index in [1.165, 1.54) is 12.1 Å². The fourth-order valence-electron chi connectivity index (χ4n) is 2.30. The van der Waals surface area contributed by atoms with Gasteiger partial charge in [-0.3, -0.25) is 14.6 Å². The molecule has 0 aliphatic heterocycles. The van der Waals surface area contributed by atoms with Crippen LogP contribution in [0.5, 0.6) is 0 Å². The molecule has 8 heteroatoms. The van der Waals surface area contributed by atoms with Gasteiger partial charge in [0.2, 0.25) is 5.95 Å². The van der Waals surface area contributed by atoms with Gasteiger partial charge in [0, 0.05) is 25.7 Å². The average Bonchev–Trinajstić information content (AvgIpc) is 2.58. The van der Waals surface area contributed by atoms with Crippen molar-refractivity contribution in [1.29, 1.82) is 0 Å². The number of rotatable bonds is 6. The SMILES string of the molecule is CC[C@@H](NC(=O)c1cc(=O)[nH]c(N(C)C)n1)c1ccc(C(F)F)cc1. The molecule has 1 aromatic carbocycles. The first kappa shape index (κ1) is 18.6. The fraction of sp³-hybridized carbons (Fsp3) is 0.353. The van der Waals surface area contributed by atoms with Gasteiger partial charge < -0.3 is 10.2 Å². The highest BCUT2D eigenvalue weighted by Crippen LogP contribution is 2.23. The number of halogens is 2. The molecule has 0 aliphatic rings. The van der Waals surface area contributed by atoms with E-state index in [1.54, 1.807) is 31.1 Å². The third-order valence-corrected chi connectivity index (χ3v) is 3.69. The van der Waals surface area contributed by atoms with E-state index in [4.69, 9.17) is 0 Å². The number of nitrogens with one attached hydrogen (secondary N) is 2. The van der Waals surface area contributed by atoms with E-state index in [2.05, 4.69) is 15.3 Å². The summed E-state index contributed by atoms with van der Waals surface area (Å²) in [5, 5.41) is 2.78. The van der Waals surface area contributed by atoms with Gasteiger partial charge in [-0.15, -0.1) is 0 Å². The van der Waals surface area contributed by atoms with Crippen LogP contribution in [0.4, 0.5) is 14.7 Å². The molecule has 1 aromatic heterocycles. The second kappa shape index (κ2) is 7.87. The molecule has 134 valence electrons. The third kappa shape index (κ3) is 4.62. The first-order valence-electron chi connectivity index (χ1n) is 7.79. The maximum Gasteiger partial charge on any atom is 0.270 e. The maximum atomic E-state index is 12.6. The minimum absolute atomic E-state index is 0.00454. The summed E-state index contributed by atoms with van der Waals surface area (Å²) in [4.78, 5) is 32.3. The van der Waals surface area contributed by atoms with Gasteiger partial charge in [-0.1, -0.05) is 31.2 Å². The van der Waals surface area contributed by atoms with Crippen molar-refractivity contribution in [3.05, 3.63) is 57.5 Å². The number of H-pyrrole nitrogens is 1. The largest absolute Gasteiger partial charge is 0.348 e. The second-order valence-electron chi connectivity index (χ2n) is 5.75. The Labute approximate surface area is 143 Å². The summed E-state index contributed by atoms with van der Waals surface area (Å²) < 4.78 is 25.3. The predicted molar refractivity (Wildman–Crippen MR) is 91.1 cm³/mol. The van der Waals surface area contributed by atoms with Crippen LogP contribution in [-0.2, 0) is 0 Å². The summed E-state index contributed by atoms with van der Waals surface area (Å²) in [7, 11) is 3.39. The number of nitrogens with zero attached hydrogens (tertiary/aromatic N) is 2. The minimum Gasteiger partial charge on any atom is -0.348 e. The molecule has 0 fully saturated rings. The molecule has 0 unspecified atom stereocenters. The van der Waals surface area contributed by atoms with Crippen molar-refractivity contribution in [2.45, 2.75) is 25.8 Å². The Hall–Kier alpha value is -2.77. The van der Waals surface area contributed by atoms with E-state index in [9.17, 15) is 18.4 Å². The number of benzene rings is 1. The van der Waals surface area contributed by atoms with Crippen LogP contribution in [0.25, 0.3) is 0 Å². The maximum absolute atomic E-state index is 12.6. The molecule has 6 nitrogen and oxygen atoms in total. The Morgan fingerprint density at radius 3 is 2.36 bits per heavy atom. The van der Waals surface area contributed by atoms with Crippen molar-refractivity contribution in [3.8, 4) is 0 Å². The molecule has 0 bridgehead atoms. The van der Waals surface area contributed by atoms with E-state index in [-0.39, 0.29) is 23.2 Å². The Kier molecular flexibility index (Phi) is 5.84. The van der Waals surface area contributed by atoms with E-state index < -0.39 is 17.9 Å². The highest BCUT2D eigenvalue weighted by molar-refractivity contribution is 5.92. The molecule has 0 radical (unpaired) electrons. The Morgan fingerprint density at radius 2 is 1.84 bits per heavy atom. The zero-order chi connectivity index (χ0) is 18.6. The zero-order valence-corrected chi connectivity index (χ0v) is 14.2. The standard InChI is InChI=1S/C17H20F2N4O2/c1-4-12(10-5-7-11(8-6-10)15(18)19)20-16(25)13-9-14(24)22-17(21-13)23(2)3/h5-9,12,15H,4H2,1-3H3,(H,20,25)(H,21,22,24)/t12-/m1/s1. The molecule has 2 rings (SSSR count). The molecular weight excluding hydrogens is 330 g/mol. The van der Waals surface area contributed by atoms with E-state index >= 15 is 0 Å². The molecule has 2 aromatic rings. The van der Waals surface area contributed by atoms with Gasteiger partial charge in [0.05, 0.1) is 6.04 Å². The Bertz CT molecular complexity index is 788. The first-order valence-corrected chi connectivity index (χ1v) is 7.79. The Balaban J connectivity index is 2.21. The molecule has 1 heterocycles. The van der Waals surface area contributed by atoms with Crippen molar-refractivity contribution in [3.63, 3.8) is 0 Å². The summed E-state index contributed by atoms with van der Waals surface area (Å²) in [6.07, 6.45) is -1.97. The normalized spacial score (nSPS) is 12.1. The van der Waals surface area contributed by atoms with Crippen LogP contribution in [0.15, 0.2) is 35.1 Å². The lowest BCUT2D eigenvalue weighted by molar-refractivity contribution is 0.0930. The van der Waals surface area contributed by atoms with Crippen molar-refractivity contribution in [1.82, 2.24) is 15.3 Å². The second-order valence-corrected chi connectivity index (χ2v) is 5.75. The summed E-state index contributed by atoms with van der Waals surface area (Å²) in [5.74, 6) is -0.231. The van der Waals surface area contributed by atoms with E-state index in [0.717, 1.165) is 6.07 Å². The fourth-order valence-corrected chi connectivity index (χ4v) is 2.30. The number of alkyl halides is 2. The number of hydrogen-bond donors (Lipinski definition) is 2. The summed E-state index contributed by atoms with van der Waals surface area (Å²) in [6, 6.07) is 6.55. The monoisotopic (exact) mass is 350 g/mol. The summed E-state index contributed by atoms with van der Waals surface area (Å²) >= 11 is 0. The van der Waals surface area contributed by atoms with Gasteiger partial charge in [-0.25, -0.2) is 13.8 Å². The highest BCUT2D eigenvalue weighted by Gasteiger charge is 2.17. The van der Waals surface area contributed by atoms with Gasteiger partial charge in [0.1, 0.15) is 5.69 Å². The number of hydrogen-bond acceptors (Lipinski definition) is 4. The number of anilines is 1. The van der Waals surface area contributed by atoms with Crippen LogP contribution in [0.3, 0.4) is 0 Å². The van der Waals surface area contributed by atoms with Gasteiger partial charge in [0.15, 0.2) is 0 Å². The first-order chi connectivity index (χ1) is 11.8. The lowest BCUT2D eigenvalue weighted by atomic mass is 10.0. The lowest BCUT2D eigenvalue weighted by Gasteiger charge is -2.18. The smallest absolute Gasteiger partial charge is 0.270 e. The molecule has 0 aliphatic carbocycles. The Morgan fingerprint density at radius 1 is 1.24 bits per heavy atom. The van der Waals surface area contributed by atoms with Crippen molar-refractivity contribution in [2.75, 3.05) is 19.0 Å². The number of aromatic amines is 1. The van der Waals surface area contributed by atoms with Crippen LogP contribution >= 0.6 is 0 Å². The molecule has 1 amide bonds. The minimum atomic E-state index is -2.53. The van der Waals surface area contributed by atoms with Crippen LogP contribution in [0.2, 0.25) is 0 Å². The lowest BCUT2D eigenvalue weighted by Crippen LogP contribution is -2.31. The van der Waals surface area contributed by atoms with Crippen molar-refractivity contribution in [2.24, 2.45) is 0 Å². The third-order valence-electron chi connectivity index (χ3n) is 3.69. The van der Waals surface area contributed by atoms with Gasteiger partial charge in [0.25, 0.3) is 17.9 Å². The molecule has 0 saturated heterocycles. The van der Waals surface area contributed by atoms with Crippen LogP contribution in [0, 0.1) is 0 Å². The van der Waals surface area contributed by atoms with E-state index in [1.807, 2.05) is 6.92 Å². The number of carbonyl (C=O) groups excluding carboxylic acids is 1. The van der Waals surface area contributed by atoms with Crippen molar-refractivity contribution < 1.29 is 13.6 Å². The molecule has 25 heavy (non-hydrogen) atoms. The molecule has 2 N–H and O–H groups in total. The van der Waals surface area contributed by atoms with Crippen LogP contribution < -0.4 is 15.8 Å². The topological polar surface area (TPSA) is 78.1 Å².